The van der Waals surface area contributed by atoms with Crippen LogP contribution in [0.15, 0.2) is 77.3 Å². The van der Waals surface area contributed by atoms with Crippen LogP contribution in [0.5, 0.6) is 11.5 Å². The molecule has 2 aliphatic heterocycles. The summed E-state index contributed by atoms with van der Waals surface area (Å²) in [5.41, 5.74) is 1.35. The van der Waals surface area contributed by atoms with E-state index in [2.05, 4.69) is 26.6 Å². The number of benzene rings is 3. The summed E-state index contributed by atoms with van der Waals surface area (Å²) in [6, 6.07) is 22.4. The predicted molar refractivity (Wildman–Crippen MR) is 136 cm³/mol. The van der Waals surface area contributed by atoms with Gasteiger partial charge in [0.1, 0.15) is 17.4 Å². The zero-order valence-electron chi connectivity index (χ0n) is 18.0. The molecule has 33 heavy (non-hydrogen) atoms. The van der Waals surface area contributed by atoms with Crippen LogP contribution in [0.1, 0.15) is 18.5 Å². The molecular formula is C25H22BrN3O3S. The fourth-order valence-corrected chi connectivity index (χ4v) is 5.41. The van der Waals surface area contributed by atoms with Crippen molar-refractivity contribution in [2.75, 3.05) is 17.3 Å². The first-order chi connectivity index (χ1) is 15.9. The van der Waals surface area contributed by atoms with Gasteiger partial charge < -0.3 is 20.1 Å². The molecule has 2 aliphatic rings. The maximum atomic E-state index is 13.8. The largest absolute Gasteiger partial charge is 0.497 e. The maximum absolute atomic E-state index is 13.8. The molecule has 3 atom stereocenters. The van der Waals surface area contributed by atoms with Gasteiger partial charge in [-0.2, -0.15) is 0 Å². The van der Waals surface area contributed by atoms with Gasteiger partial charge in [-0.05, 0) is 73.7 Å². The molecular weight excluding hydrogens is 502 g/mol. The van der Waals surface area contributed by atoms with E-state index in [9.17, 15) is 4.79 Å². The number of carbonyl (C=O) groups excluding carboxylic acids is 1. The first-order valence-electron chi connectivity index (χ1n) is 10.5. The Hall–Kier alpha value is -3.10. The van der Waals surface area contributed by atoms with Crippen molar-refractivity contribution in [3.05, 3.63) is 82.8 Å². The summed E-state index contributed by atoms with van der Waals surface area (Å²) >= 11 is 9.31. The Morgan fingerprint density at radius 2 is 1.88 bits per heavy atom. The number of ether oxygens (including phenoxy) is 2. The van der Waals surface area contributed by atoms with Crippen molar-refractivity contribution in [1.29, 1.82) is 0 Å². The van der Waals surface area contributed by atoms with E-state index in [0.717, 1.165) is 27.2 Å². The summed E-state index contributed by atoms with van der Waals surface area (Å²) in [7, 11) is 1.61. The van der Waals surface area contributed by atoms with Crippen molar-refractivity contribution in [3.63, 3.8) is 0 Å². The monoisotopic (exact) mass is 523 g/mol. The Morgan fingerprint density at radius 3 is 2.58 bits per heavy atom. The van der Waals surface area contributed by atoms with Gasteiger partial charge in [-0.1, -0.05) is 34.1 Å². The Morgan fingerprint density at radius 1 is 1.15 bits per heavy atom. The van der Waals surface area contributed by atoms with Gasteiger partial charge in [-0.15, -0.1) is 0 Å². The number of anilines is 2. The van der Waals surface area contributed by atoms with Crippen LogP contribution in [0.2, 0.25) is 0 Å². The molecule has 3 aromatic carbocycles. The Labute approximate surface area is 206 Å². The second kappa shape index (κ2) is 8.35. The van der Waals surface area contributed by atoms with Gasteiger partial charge >= 0.3 is 0 Å². The molecule has 1 fully saturated rings. The highest BCUT2D eigenvalue weighted by atomic mass is 79.9. The van der Waals surface area contributed by atoms with E-state index in [1.807, 2.05) is 84.6 Å². The molecule has 5 rings (SSSR count). The Bertz CT molecular complexity index is 1220. The highest BCUT2D eigenvalue weighted by Gasteiger charge is 2.59. The number of para-hydroxylation sites is 1. The van der Waals surface area contributed by atoms with E-state index in [4.69, 9.17) is 21.7 Å². The molecule has 168 valence electrons. The van der Waals surface area contributed by atoms with E-state index < -0.39 is 11.6 Å². The third-order valence-electron chi connectivity index (χ3n) is 6.11. The molecule has 8 heteroatoms. The molecule has 2 bridgehead atoms. The number of thiocarbonyl (C=S) groups is 1. The normalized spacial score (nSPS) is 23.1. The van der Waals surface area contributed by atoms with Gasteiger partial charge in [0.05, 0.1) is 13.2 Å². The number of carbonyl (C=O) groups is 1. The molecule has 2 N–H and O–H groups in total. The van der Waals surface area contributed by atoms with E-state index in [-0.39, 0.29) is 11.9 Å². The number of nitrogens with zero attached hydrogens (tertiary/aromatic N) is 1. The van der Waals surface area contributed by atoms with Crippen molar-refractivity contribution in [1.82, 2.24) is 5.32 Å². The fraction of sp³-hybridized carbons (Fsp3) is 0.200. The van der Waals surface area contributed by atoms with Gasteiger partial charge in [-0.3, -0.25) is 9.69 Å². The number of rotatable bonds is 4. The molecule has 3 aromatic rings. The second-order valence-electron chi connectivity index (χ2n) is 8.13. The minimum Gasteiger partial charge on any atom is -0.497 e. The predicted octanol–water partition coefficient (Wildman–Crippen LogP) is 5.26. The molecule has 6 nitrogen and oxygen atoms in total. The van der Waals surface area contributed by atoms with Crippen LogP contribution < -0.4 is 25.0 Å². The smallest absolute Gasteiger partial charge is 0.236 e. The first-order valence-corrected chi connectivity index (χ1v) is 11.7. The Kier molecular flexibility index (Phi) is 5.50. The van der Waals surface area contributed by atoms with Gasteiger partial charge in [0.2, 0.25) is 5.91 Å². The number of fused-ring (bicyclic) bond motifs is 4. The van der Waals surface area contributed by atoms with E-state index in [1.54, 1.807) is 7.11 Å². The van der Waals surface area contributed by atoms with E-state index >= 15 is 0 Å². The zero-order valence-corrected chi connectivity index (χ0v) is 20.4. The van der Waals surface area contributed by atoms with E-state index in [0.29, 0.717) is 10.8 Å². The molecule has 0 unspecified atom stereocenters. The van der Waals surface area contributed by atoms with Crippen LogP contribution in [0.25, 0.3) is 0 Å². The molecule has 0 saturated carbocycles. The van der Waals surface area contributed by atoms with Gasteiger partial charge in [0, 0.05) is 21.4 Å². The van der Waals surface area contributed by atoms with E-state index in [1.165, 1.54) is 0 Å². The second-order valence-corrected chi connectivity index (χ2v) is 9.43. The van der Waals surface area contributed by atoms with Crippen molar-refractivity contribution in [2.24, 2.45) is 5.92 Å². The summed E-state index contributed by atoms with van der Waals surface area (Å²) < 4.78 is 12.7. The molecule has 1 amide bonds. The third kappa shape index (κ3) is 3.73. The highest BCUT2D eigenvalue weighted by molar-refractivity contribution is 9.10. The highest BCUT2D eigenvalue weighted by Crippen LogP contribution is 2.50. The molecule has 0 aromatic heterocycles. The lowest BCUT2D eigenvalue weighted by atomic mass is 9.78. The minimum absolute atomic E-state index is 0.172. The van der Waals surface area contributed by atoms with Crippen LogP contribution in [-0.2, 0) is 4.79 Å². The number of nitrogens with one attached hydrogen (secondary N) is 2. The van der Waals surface area contributed by atoms with Crippen LogP contribution >= 0.6 is 28.1 Å². The number of amides is 1. The summed E-state index contributed by atoms with van der Waals surface area (Å²) in [4.78, 5) is 15.7. The quantitative estimate of drug-likeness (QED) is 0.455. The van der Waals surface area contributed by atoms with Crippen LogP contribution in [0, 0.1) is 5.92 Å². The van der Waals surface area contributed by atoms with Crippen LogP contribution in [0.3, 0.4) is 0 Å². The maximum Gasteiger partial charge on any atom is 0.236 e. The standard InChI is InChI=1S/C25H22BrN3O3S/c1-25-21(23(30)27-16-9-11-18(31-2)12-10-16)22(19-14-15(26)8-13-20(19)32-25)28-24(33)29(25)17-6-4-3-5-7-17/h3-14,21-22H,1-2H3,(H,27,30)(H,28,33)/t21-,22+,25+/m0/s1. The van der Waals surface area contributed by atoms with Crippen molar-refractivity contribution >= 4 is 50.5 Å². The molecule has 0 aliphatic carbocycles. The number of halogens is 1. The summed E-state index contributed by atoms with van der Waals surface area (Å²) in [5, 5.41) is 6.98. The lowest BCUT2D eigenvalue weighted by Gasteiger charge is -2.56. The fourth-order valence-electron chi connectivity index (χ4n) is 4.61. The summed E-state index contributed by atoms with van der Waals surface area (Å²) in [6.45, 7) is 1.92. The topological polar surface area (TPSA) is 62.8 Å². The van der Waals surface area contributed by atoms with Gasteiger partial charge in [0.15, 0.2) is 10.8 Å². The summed E-state index contributed by atoms with van der Waals surface area (Å²) in [5.74, 6) is 0.663. The molecule has 0 radical (unpaired) electrons. The SMILES string of the molecule is COc1ccc(NC(=O)[C@@H]2[C@@H]3NC(=S)N(c4ccccc4)[C@]2(C)Oc2ccc(Br)cc23)cc1. The molecule has 2 heterocycles. The number of hydrogen-bond acceptors (Lipinski definition) is 4. The van der Waals surface area contributed by atoms with Gasteiger partial charge in [0.25, 0.3) is 0 Å². The third-order valence-corrected chi connectivity index (χ3v) is 6.91. The average Bonchev–Trinajstić information content (AvgIpc) is 2.80. The van der Waals surface area contributed by atoms with Crippen LogP contribution in [0.4, 0.5) is 11.4 Å². The summed E-state index contributed by atoms with van der Waals surface area (Å²) in [6.07, 6.45) is 0. The van der Waals surface area contributed by atoms with Crippen molar-refractivity contribution < 1.29 is 14.3 Å². The first kappa shape index (κ1) is 21.7. The van der Waals surface area contributed by atoms with Crippen molar-refractivity contribution in [3.8, 4) is 11.5 Å². The number of methoxy groups -OCH3 is 1. The average molecular weight is 524 g/mol. The molecule has 1 saturated heterocycles. The lowest BCUT2D eigenvalue weighted by molar-refractivity contribution is -0.130. The number of hydrogen-bond donors (Lipinski definition) is 2. The van der Waals surface area contributed by atoms with Gasteiger partial charge in [-0.25, -0.2) is 0 Å². The Balaban J connectivity index is 1.59. The lowest BCUT2D eigenvalue weighted by Crippen LogP contribution is -2.72. The van der Waals surface area contributed by atoms with Crippen molar-refractivity contribution in [2.45, 2.75) is 18.7 Å². The van der Waals surface area contributed by atoms with Crippen LogP contribution in [-0.4, -0.2) is 23.9 Å². The zero-order chi connectivity index (χ0) is 23.2. The molecule has 0 spiro atoms. The minimum atomic E-state index is -1.05.